The van der Waals surface area contributed by atoms with Crippen molar-refractivity contribution in [2.75, 3.05) is 0 Å². The molecule has 5 fully saturated rings. The summed E-state index contributed by atoms with van der Waals surface area (Å²) in [5.41, 5.74) is -3.27. The Kier molecular flexibility index (Phi) is 5.85. The lowest BCUT2D eigenvalue weighted by atomic mass is 9.29. The molecule has 5 aliphatic rings. The van der Waals surface area contributed by atoms with Gasteiger partial charge in [0.05, 0.1) is 6.10 Å². The van der Waals surface area contributed by atoms with E-state index in [1.54, 1.807) is 0 Å². The summed E-state index contributed by atoms with van der Waals surface area (Å²) >= 11 is 0. The number of aliphatic hydroxyl groups is 2. The molecule has 0 amide bonds. The van der Waals surface area contributed by atoms with Crippen LogP contribution in [0.3, 0.4) is 0 Å². The molecule has 0 aromatic heterocycles. The summed E-state index contributed by atoms with van der Waals surface area (Å²) in [6.45, 7) is 19.4. The van der Waals surface area contributed by atoms with Gasteiger partial charge in [0.15, 0.2) is 5.78 Å². The number of aliphatic hydroxyl groups excluding tert-OH is 1. The molecule has 2 N–H and O–H groups in total. The van der Waals surface area contributed by atoms with E-state index in [-0.39, 0.29) is 56.8 Å². The first-order valence-electron chi connectivity index (χ1n) is 14.9. The van der Waals surface area contributed by atoms with Crippen LogP contribution in [-0.2, 0) is 14.3 Å². The Morgan fingerprint density at radius 2 is 1.51 bits per heavy atom. The van der Waals surface area contributed by atoms with Crippen molar-refractivity contribution < 1.29 is 24.5 Å². The average Bonchev–Trinajstić information content (AvgIpc) is 2.77. The van der Waals surface area contributed by atoms with Crippen molar-refractivity contribution in [2.24, 2.45) is 50.2 Å². The fourth-order valence-corrected chi connectivity index (χ4v) is 11.5. The maximum Gasteiger partial charge on any atom is 0.302 e. The second-order valence-corrected chi connectivity index (χ2v) is 16.4. The number of Topliss-reactive ketones (excluding diaryl/α,β-unsaturated/α-hetero) is 1. The zero-order chi connectivity index (χ0) is 27.6. The van der Waals surface area contributed by atoms with Gasteiger partial charge in [0, 0.05) is 30.1 Å². The van der Waals surface area contributed by atoms with Gasteiger partial charge in [0.2, 0.25) is 0 Å². The third-order valence-corrected chi connectivity index (χ3v) is 13.9. The Bertz CT molecular complexity index is 1000. The third kappa shape index (κ3) is 3.28. The maximum atomic E-state index is 14.5. The lowest BCUT2D eigenvalue weighted by Gasteiger charge is -2.75. The van der Waals surface area contributed by atoms with E-state index in [0.29, 0.717) is 18.8 Å². The van der Waals surface area contributed by atoms with Crippen LogP contribution >= 0.6 is 0 Å². The molecule has 0 radical (unpaired) electrons. The molecule has 5 heteroatoms. The summed E-state index contributed by atoms with van der Waals surface area (Å²) in [6.07, 6.45) is 6.53. The van der Waals surface area contributed by atoms with Crippen LogP contribution in [0.5, 0.6) is 0 Å². The highest BCUT2D eigenvalue weighted by Gasteiger charge is 2.79. The number of esters is 1. The van der Waals surface area contributed by atoms with Gasteiger partial charge in [-0.25, -0.2) is 0 Å². The van der Waals surface area contributed by atoms with Crippen molar-refractivity contribution in [1.29, 1.82) is 0 Å². The van der Waals surface area contributed by atoms with Crippen molar-refractivity contribution in [3.05, 3.63) is 0 Å². The molecule has 5 saturated carbocycles. The molecular weight excluding hydrogens is 464 g/mol. The lowest BCUT2D eigenvalue weighted by Crippen LogP contribution is -2.80. The Morgan fingerprint density at radius 1 is 0.865 bits per heavy atom. The molecule has 0 bridgehead atoms. The summed E-state index contributed by atoms with van der Waals surface area (Å²) in [7, 11) is 0. The fourth-order valence-electron chi connectivity index (χ4n) is 11.5. The number of fused-ring (bicyclic) bond motifs is 7. The highest BCUT2D eigenvalue weighted by molar-refractivity contribution is 5.91. The van der Waals surface area contributed by atoms with Gasteiger partial charge < -0.3 is 14.9 Å². The molecular formula is C32H52O5. The van der Waals surface area contributed by atoms with Crippen LogP contribution in [0.2, 0.25) is 0 Å². The first-order valence-corrected chi connectivity index (χ1v) is 14.9. The summed E-state index contributed by atoms with van der Waals surface area (Å²) in [5, 5.41) is 24.9. The first-order chi connectivity index (χ1) is 16.8. The fraction of sp³-hybridized carbons (Fsp3) is 0.938. The molecule has 0 saturated heterocycles. The van der Waals surface area contributed by atoms with Crippen molar-refractivity contribution in [1.82, 2.24) is 0 Å². The van der Waals surface area contributed by atoms with Crippen molar-refractivity contribution in [3.63, 3.8) is 0 Å². The molecule has 0 aromatic rings. The highest BCUT2D eigenvalue weighted by Crippen LogP contribution is 2.77. The number of hydrogen-bond donors (Lipinski definition) is 2. The van der Waals surface area contributed by atoms with Crippen LogP contribution in [0, 0.1) is 50.2 Å². The van der Waals surface area contributed by atoms with Crippen LogP contribution in [0.15, 0.2) is 0 Å². The molecule has 5 aliphatic carbocycles. The number of ether oxygens (including phenoxy) is 1. The summed E-state index contributed by atoms with van der Waals surface area (Å²) in [5.74, 6) is -0.0179. The van der Waals surface area contributed by atoms with Crippen LogP contribution in [0.4, 0.5) is 0 Å². The van der Waals surface area contributed by atoms with Gasteiger partial charge in [0.1, 0.15) is 11.7 Å². The van der Waals surface area contributed by atoms with Gasteiger partial charge in [-0.15, -0.1) is 0 Å². The Labute approximate surface area is 224 Å². The molecule has 210 valence electrons. The summed E-state index contributed by atoms with van der Waals surface area (Å²) in [6, 6.07) is 0. The quantitative estimate of drug-likeness (QED) is 0.412. The van der Waals surface area contributed by atoms with Crippen LogP contribution < -0.4 is 0 Å². The van der Waals surface area contributed by atoms with E-state index in [0.717, 1.165) is 44.9 Å². The van der Waals surface area contributed by atoms with E-state index < -0.39 is 17.1 Å². The molecule has 0 unspecified atom stereocenters. The topological polar surface area (TPSA) is 83.8 Å². The normalized spacial score (nSPS) is 54.2. The number of ketones is 1. The molecule has 0 spiro atoms. The number of carbonyl (C=O) groups is 2. The standard InChI is InChI=1S/C32H52O5/c1-19(33)37-25-11-12-29(7)20(27(25,4)5)10-13-30(8)21(29)16-23(34)32(36)22-17-26(2,3)14-15-28(22,6)18-24(35)31(30,32)9/h20-22,24-25,35-36H,10-18H2,1-9H3/t20-,21+,22+,24-,25-,28+,29-,30+,31-,32+/m0/s1. The smallest absolute Gasteiger partial charge is 0.302 e. The maximum absolute atomic E-state index is 14.5. The Hall–Kier alpha value is -0.940. The molecule has 37 heavy (non-hydrogen) atoms. The van der Waals surface area contributed by atoms with Crippen LogP contribution in [-0.4, -0.2) is 39.8 Å². The predicted octanol–water partition coefficient (Wildman–Crippen LogP) is 6.08. The predicted molar refractivity (Wildman–Crippen MR) is 144 cm³/mol. The van der Waals surface area contributed by atoms with Crippen molar-refractivity contribution >= 4 is 11.8 Å². The van der Waals surface area contributed by atoms with Crippen LogP contribution in [0.1, 0.15) is 120 Å². The number of carbonyl (C=O) groups excluding carboxylic acids is 2. The minimum Gasteiger partial charge on any atom is -0.462 e. The zero-order valence-electron chi connectivity index (χ0n) is 24.9. The van der Waals surface area contributed by atoms with Gasteiger partial charge in [0.25, 0.3) is 0 Å². The van der Waals surface area contributed by atoms with Gasteiger partial charge in [-0.3, -0.25) is 9.59 Å². The van der Waals surface area contributed by atoms with E-state index in [9.17, 15) is 19.8 Å². The monoisotopic (exact) mass is 516 g/mol. The van der Waals surface area contributed by atoms with E-state index in [1.165, 1.54) is 6.92 Å². The van der Waals surface area contributed by atoms with Crippen molar-refractivity contribution in [2.45, 2.75) is 138 Å². The molecule has 0 aliphatic heterocycles. The van der Waals surface area contributed by atoms with Gasteiger partial charge in [-0.2, -0.15) is 0 Å². The molecule has 5 rings (SSSR count). The third-order valence-electron chi connectivity index (χ3n) is 13.9. The molecule has 5 nitrogen and oxygen atoms in total. The largest absolute Gasteiger partial charge is 0.462 e. The molecule has 10 atom stereocenters. The average molecular weight is 517 g/mol. The summed E-state index contributed by atoms with van der Waals surface area (Å²) in [4.78, 5) is 26.4. The SMILES string of the molecule is CC(=O)O[C@H]1CC[C@]2(C)[C@H]3CC(=O)[C@]4(O)[C@@H]5CC(C)(C)CC[C@]5(C)C[C@H](O)[C@@]4(C)[C@]3(C)CC[C@H]2C1(C)C. The van der Waals surface area contributed by atoms with Crippen LogP contribution in [0.25, 0.3) is 0 Å². The first kappa shape index (κ1) is 27.6. The van der Waals surface area contributed by atoms with E-state index in [1.807, 2.05) is 0 Å². The van der Waals surface area contributed by atoms with Gasteiger partial charge in [-0.1, -0.05) is 55.4 Å². The van der Waals surface area contributed by atoms with E-state index in [2.05, 4.69) is 55.4 Å². The second-order valence-electron chi connectivity index (χ2n) is 16.4. The second kappa shape index (κ2) is 7.83. The summed E-state index contributed by atoms with van der Waals surface area (Å²) < 4.78 is 5.83. The van der Waals surface area contributed by atoms with Gasteiger partial charge in [-0.05, 0) is 84.9 Å². The Balaban J connectivity index is 1.60. The van der Waals surface area contributed by atoms with Crippen molar-refractivity contribution in [3.8, 4) is 0 Å². The van der Waals surface area contributed by atoms with Gasteiger partial charge >= 0.3 is 5.97 Å². The zero-order valence-corrected chi connectivity index (χ0v) is 24.9. The van der Waals surface area contributed by atoms with E-state index >= 15 is 0 Å². The minimum absolute atomic E-state index is 0.0352. The molecule has 0 heterocycles. The molecule has 0 aromatic carbocycles. The number of rotatable bonds is 1. The lowest BCUT2D eigenvalue weighted by molar-refractivity contribution is -0.320. The highest BCUT2D eigenvalue weighted by atomic mass is 16.5. The Morgan fingerprint density at radius 3 is 2.14 bits per heavy atom. The van der Waals surface area contributed by atoms with E-state index in [4.69, 9.17) is 4.74 Å². The minimum atomic E-state index is -1.52. The number of hydrogen-bond acceptors (Lipinski definition) is 5.